The third-order valence-corrected chi connectivity index (χ3v) is 9.11. The molecule has 6 atom stereocenters. The van der Waals surface area contributed by atoms with Crippen molar-refractivity contribution in [2.75, 3.05) is 19.6 Å². The topological polar surface area (TPSA) is 310 Å². The van der Waals surface area contributed by atoms with E-state index in [0.717, 1.165) is 0 Å². The van der Waals surface area contributed by atoms with Crippen LogP contribution in [-0.2, 0) is 40.0 Å². The molecule has 0 aromatic heterocycles. The summed E-state index contributed by atoms with van der Waals surface area (Å²) in [6.07, 6.45) is 2.85. The summed E-state index contributed by atoms with van der Waals surface area (Å²) < 4.78 is 0. The van der Waals surface area contributed by atoms with Crippen LogP contribution in [0.1, 0.15) is 90.0 Å². The highest BCUT2D eigenvalue weighted by atomic mass is 16.4. The maximum atomic E-state index is 14.0. The fourth-order valence-electron chi connectivity index (χ4n) is 6.00. The lowest BCUT2D eigenvalue weighted by atomic mass is 10.0. The maximum absolute atomic E-state index is 14.0. The van der Waals surface area contributed by atoms with Gasteiger partial charge in [0.25, 0.3) is 0 Å². The summed E-state index contributed by atoms with van der Waals surface area (Å²) in [7, 11) is 0. The summed E-state index contributed by atoms with van der Waals surface area (Å²) in [5.74, 6) is -5.38. The highest BCUT2D eigenvalue weighted by Crippen LogP contribution is 2.14. The monoisotopic (exact) mass is 775 g/mol. The second-order valence-electron chi connectivity index (χ2n) is 14.4. The van der Waals surface area contributed by atoms with Gasteiger partial charge in [-0.15, -0.1) is 0 Å². The van der Waals surface area contributed by atoms with Crippen LogP contribution in [-0.4, -0.2) is 108 Å². The van der Waals surface area contributed by atoms with Crippen molar-refractivity contribution in [3.63, 3.8) is 0 Å². The van der Waals surface area contributed by atoms with Gasteiger partial charge < -0.3 is 59.3 Å². The number of phenols is 1. The van der Waals surface area contributed by atoms with Crippen LogP contribution in [0.2, 0.25) is 0 Å². The lowest BCUT2D eigenvalue weighted by Gasteiger charge is -2.27. The Morgan fingerprint density at radius 3 is 1.96 bits per heavy atom. The van der Waals surface area contributed by atoms with Crippen LogP contribution < -0.4 is 49.1 Å². The zero-order valence-corrected chi connectivity index (χ0v) is 31.9. The van der Waals surface area contributed by atoms with E-state index in [4.69, 9.17) is 17.2 Å². The summed E-state index contributed by atoms with van der Waals surface area (Å²) in [4.78, 5) is 92.7. The summed E-state index contributed by atoms with van der Waals surface area (Å²) in [6, 6.07) is -1.27. The minimum atomic E-state index is -1.28. The molecule has 0 unspecified atom stereocenters. The molecule has 18 heteroatoms. The van der Waals surface area contributed by atoms with Gasteiger partial charge >= 0.3 is 5.97 Å². The first kappa shape index (κ1) is 46.3. The first-order chi connectivity index (χ1) is 26.1. The number of hydrogen-bond acceptors (Lipinski definition) is 11. The second-order valence-corrected chi connectivity index (χ2v) is 14.4. The number of carbonyl (C=O) groups is 7. The molecular weight excluding hydrogens is 714 g/mol. The molecule has 1 aromatic carbocycles. The lowest BCUT2D eigenvalue weighted by molar-refractivity contribution is -0.142. The quantitative estimate of drug-likeness (QED) is 0.0829. The van der Waals surface area contributed by atoms with Crippen LogP contribution >= 0.6 is 0 Å². The van der Waals surface area contributed by atoms with Gasteiger partial charge in [-0.2, -0.15) is 0 Å². The van der Waals surface area contributed by atoms with Gasteiger partial charge in [0.05, 0.1) is 12.5 Å². The van der Waals surface area contributed by atoms with Gasteiger partial charge in [-0.25, -0.2) is 4.79 Å². The third-order valence-electron chi connectivity index (χ3n) is 9.11. The number of nitrogens with one attached hydrogen (secondary N) is 6. The molecule has 0 aliphatic carbocycles. The molecular formula is C37H61N9O9. The van der Waals surface area contributed by atoms with Crippen LogP contribution in [0.3, 0.4) is 0 Å². The van der Waals surface area contributed by atoms with Crippen molar-refractivity contribution in [3.05, 3.63) is 29.8 Å². The second kappa shape index (κ2) is 24.6. The van der Waals surface area contributed by atoms with Gasteiger partial charge in [-0.1, -0.05) is 26.0 Å². The zero-order chi connectivity index (χ0) is 40.9. The van der Waals surface area contributed by atoms with E-state index in [0.29, 0.717) is 57.2 Å². The Labute approximate surface area is 322 Å². The summed E-state index contributed by atoms with van der Waals surface area (Å²) in [5.41, 5.74) is 17.9. The first-order valence-electron chi connectivity index (χ1n) is 19.1. The molecule has 1 aromatic rings. The molecule has 18 nitrogen and oxygen atoms in total. The van der Waals surface area contributed by atoms with Crippen molar-refractivity contribution in [1.82, 2.24) is 31.9 Å². The number of rotatable bonds is 17. The molecule has 14 N–H and O–H groups in total. The SMILES string of the molecule is CC(C)C[C@H](NC(=O)[C@H](Cc1ccc(O)cc1)NC(=O)[C@@H]1CCCCNC(=O)C[C@H](N)C(=O)N[C@@H](CCCCN)C(=O)N[C@@H](CCCCN)C(=O)N1)C(=O)O. The standard InChI is InChI=1S/C37H61N9O9/c1-22(2)19-30(37(54)55)46-36(53)29(20-23-12-14-24(47)15-13-23)45-35(52)28-11-5-8-18-41-31(48)21-25(40)32(49)42-26(9-3-6-16-38)33(50)43-27(34(51)44-28)10-4-7-17-39/h12-15,22,25-30,47H,3-11,16-21,38-40H2,1-2H3,(H,41,48)(H,42,49)(H,43,50)(H,44,51)(H,45,52)(H,46,53)(H,54,55)/t25-,26-,27-,28-,29-,30-/m0/s1. The Kier molecular flexibility index (Phi) is 20.7. The molecule has 308 valence electrons. The van der Waals surface area contributed by atoms with Crippen molar-refractivity contribution in [3.8, 4) is 5.75 Å². The first-order valence-corrected chi connectivity index (χ1v) is 19.1. The summed E-state index contributed by atoms with van der Waals surface area (Å²) in [5, 5.41) is 35.5. The van der Waals surface area contributed by atoms with Gasteiger partial charge in [-0.05, 0) is 101 Å². The van der Waals surface area contributed by atoms with E-state index in [9.17, 15) is 43.8 Å². The number of phenolic OH excluding ortho intramolecular Hbond substituents is 1. The smallest absolute Gasteiger partial charge is 0.326 e. The molecule has 0 bridgehead atoms. The van der Waals surface area contributed by atoms with Crippen molar-refractivity contribution in [1.29, 1.82) is 0 Å². The Hall–Kier alpha value is -4.81. The number of benzene rings is 1. The van der Waals surface area contributed by atoms with Crippen molar-refractivity contribution >= 4 is 41.4 Å². The molecule has 1 heterocycles. The van der Waals surface area contributed by atoms with Crippen molar-refractivity contribution in [2.45, 2.75) is 127 Å². The normalized spacial score (nSPS) is 21.6. The Morgan fingerprint density at radius 2 is 1.40 bits per heavy atom. The highest BCUT2D eigenvalue weighted by molar-refractivity contribution is 5.97. The molecule has 0 spiro atoms. The Bertz CT molecular complexity index is 1430. The molecule has 1 aliphatic rings. The van der Waals surface area contributed by atoms with E-state index in [2.05, 4.69) is 31.9 Å². The van der Waals surface area contributed by atoms with Crippen LogP contribution in [0.25, 0.3) is 0 Å². The van der Waals surface area contributed by atoms with Crippen LogP contribution in [0, 0.1) is 5.92 Å². The van der Waals surface area contributed by atoms with Gasteiger partial charge in [0.15, 0.2) is 0 Å². The fraction of sp³-hybridized carbons (Fsp3) is 0.649. The molecule has 6 amide bonds. The number of amides is 6. The lowest BCUT2D eigenvalue weighted by Crippen LogP contribution is -2.59. The number of carboxylic acid groups (broad SMARTS) is 1. The molecule has 1 aliphatic heterocycles. The molecule has 1 saturated heterocycles. The van der Waals surface area contributed by atoms with E-state index < -0.39 is 77.7 Å². The average Bonchev–Trinajstić information content (AvgIpc) is 3.12. The summed E-state index contributed by atoms with van der Waals surface area (Å²) >= 11 is 0. The number of hydrogen-bond donors (Lipinski definition) is 11. The molecule has 0 saturated carbocycles. The number of nitrogens with two attached hydrogens (primary N) is 3. The fourth-order valence-corrected chi connectivity index (χ4v) is 6.00. The van der Waals surface area contributed by atoms with Gasteiger partial charge in [0.1, 0.15) is 36.0 Å². The molecule has 55 heavy (non-hydrogen) atoms. The highest BCUT2D eigenvalue weighted by Gasteiger charge is 2.33. The number of aliphatic carboxylic acids is 1. The van der Waals surface area contributed by atoms with Crippen LogP contribution in [0.4, 0.5) is 0 Å². The van der Waals surface area contributed by atoms with E-state index in [-0.39, 0.29) is 56.7 Å². The van der Waals surface area contributed by atoms with Gasteiger partial charge in [0, 0.05) is 13.0 Å². The van der Waals surface area contributed by atoms with Crippen LogP contribution in [0.5, 0.6) is 5.75 Å². The van der Waals surface area contributed by atoms with E-state index in [1.54, 1.807) is 12.1 Å². The maximum Gasteiger partial charge on any atom is 0.326 e. The number of unbranched alkanes of at least 4 members (excludes halogenated alkanes) is 2. The van der Waals surface area contributed by atoms with Crippen molar-refractivity contribution in [2.24, 2.45) is 23.1 Å². The zero-order valence-electron chi connectivity index (χ0n) is 31.9. The minimum absolute atomic E-state index is 0.0162. The third kappa shape index (κ3) is 17.5. The molecule has 0 radical (unpaired) electrons. The largest absolute Gasteiger partial charge is 0.508 e. The van der Waals surface area contributed by atoms with E-state index in [1.165, 1.54) is 12.1 Å². The summed E-state index contributed by atoms with van der Waals surface area (Å²) in [6.45, 7) is 4.48. The number of aromatic hydroxyl groups is 1. The average molecular weight is 776 g/mol. The predicted octanol–water partition coefficient (Wildman–Crippen LogP) is -1.24. The van der Waals surface area contributed by atoms with Gasteiger partial charge in [0.2, 0.25) is 35.4 Å². The predicted molar refractivity (Wildman–Crippen MR) is 204 cm³/mol. The number of carbonyl (C=O) groups excluding carboxylic acids is 6. The Morgan fingerprint density at radius 1 is 0.818 bits per heavy atom. The van der Waals surface area contributed by atoms with Crippen molar-refractivity contribution < 1.29 is 43.8 Å². The van der Waals surface area contributed by atoms with Gasteiger partial charge in [-0.3, -0.25) is 28.8 Å². The molecule has 1 fully saturated rings. The Balaban J connectivity index is 2.46. The van der Waals surface area contributed by atoms with E-state index >= 15 is 0 Å². The van der Waals surface area contributed by atoms with Crippen LogP contribution in [0.15, 0.2) is 24.3 Å². The van der Waals surface area contributed by atoms with E-state index in [1.807, 2.05) is 13.8 Å². The number of carboxylic acids is 1. The minimum Gasteiger partial charge on any atom is -0.508 e. The molecule has 2 rings (SSSR count).